The Labute approximate surface area is 83.7 Å². The molecule has 14 heavy (non-hydrogen) atoms. The van der Waals surface area contributed by atoms with Gasteiger partial charge in [-0.15, -0.1) is 0 Å². The van der Waals surface area contributed by atoms with Crippen LogP contribution in [-0.2, 0) is 9.59 Å². The maximum atomic E-state index is 11.3. The van der Waals surface area contributed by atoms with Gasteiger partial charge in [-0.2, -0.15) is 0 Å². The molecule has 4 heteroatoms. The molecule has 0 radical (unpaired) electrons. The maximum Gasteiger partial charge on any atom is 0.326 e. The van der Waals surface area contributed by atoms with Gasteiger partial charge in [0.25, 0.3) is 0 Å². The molecule has 4 nitrogen and oxygen atoms in total. The first-order chi connectivity index (χ1) is 6.50. The summed E-state index contributed by atoms with van der Waals surface area (Å²) in [5, 5.41) is 11.4. The van der Waals surface area contributed by atoms with Gasteiger partial charge in [-0.05, 0) is 25.2 Å². The van der Waals surface area contributed by atoms with Gasteiger partial charge in [0, 0.05) is 5.92 Å². The van der Waals surface area contributed by atoms with Crippen LogP contribution in [0.4, 0.5) is 0 Å². The highest BCUT2D eigenvalue weighted by atomic mass is 16.4. The van der Waals surface area contributed by atoms with Crippen LogP contribution < -0.4 is 5.32 Å². The Balaban J connectivity index is 2.41. The second-order valence-electron chi connectivity index (χ2n) is 4.30. The topological polar surface area (TPSA) is 66.4 Å². The van der Waals surface area contributed by atoms with Crippen LogP contribution in [0.5, 0.6) is 0 Å². The zero-order valence-electron chi connectivity index (χ0n) is 8.62. The minimum absolute atomic E-state index is 0.0732. The first-order valence-electron chi connectivity index (χ1n) is 5.04. The molecule has 0 aliphatic heterocycles. The molecule has 0 spiro atoms. The van der Waals surface area contributed by atoms with Gasteiger partial charge in [-0.3, -0.25) is 4.79 Å². The standard InChI is InChI=1S/C10H17NO3/c1-6(2)5-8(10(13)14)11-9(12)7-3-4-7/h6-8H,3-5H2,1-2H3,(H,11,12)(H,13,14)/t8-/m0/s1. The van der Waals surface area contributed by atoms with Crippen molar-refractivity contribution in [3.8, 4) is 0 Å². The molecule has 0 saturated heterocycles. The lowest BCUT2D eigenvalue weighted by molar-refractivity contribution is -0.142. The van der Waals surface area contributed by atoms with Gasteiger partial charge < -0.3 is 10.4 Å². The number of hydrogen-bond donors (Lipinski definition) is 2. The molecule has 2 N–H and O–H groups in total. The fourth-order valence-electron chi connectivity index (χ4n) is 1.33. The minimum Gasteiger partial charge on any atom is -0.480 e. The van der Waals surface area contributed by atoms with Crippen LogP contribution in [0.2, 0.25) is 0 Å². The molecule has 0 heterocycles. The van der Waals surface area contributed by atoms with E-state index in [4.69, 9.17) is 5.11 Å². The van der Waals surface area contributed by atoms with Gasteiger partial charge in [0.15, 0.2) is 0 Å². The molecule has 0 bridgehead atoms. The van der Waals surface area contributed by atoms with Crippen LogP contribution in [0.25, 0.3) is 0 Å². The van der Waals surface area contributed by atoms with Crippen molar-refractivity contribution < 1.29 is 14.7 Å². The number of carbonyl (C=O) groups excluding carboxylic acids is 1. The van der Waals surface area contributed by atoms with Crippen molar-refractivity contribution in [3.05, 3.63) is 0 Å². The Bertz CT molecular complexity index is 234. The smallest absolute Gasteiger partial charge is 0.326 e. The number of amides is 1. The van der Waals surface area contributed by atoms with Crippen LogP contribution >= 0.6 is 0 Å². The summed E-state index contributed by atoms with van der Waals surface area (Å²) in [5.74, 6) is -0.689. The number of aliphatic carboxylic acids is 1. The van der Waals surface area contributed by atoms with Crippen LogP contribution in [0.15, 0.2) is 0 Å². The zero-order valence-corrected chi connectivity index (χ0v) is 8.62. The van der Waals surface area contributed by atoms with Crippen LogP contribution in [-0.4, -0.2) is 23.0 Å². The third-order valence-corrected chi connectivity index (χ3v) is 2.27. The number of carbonyl (C=O) groups is 2. The molecular weight excluding hydrogens is 182 g/mol. The highest BCUT2D eigenvalue weighted by Gasteiger charge is 2.32. The normalized spacial score (nSPS) is 17.9. The predicted octanol–water partition coefficient (Wildman–Crippen LogP) is 1.01. The monoisotopic (exact) mass is 199 g/mol. The van der Waals surface area contributed by atoms with Crippen LogP contribution in [0.3, 0.4) is 0 Å². The van der Waals surface area contributed by atoms with E-state index in [0.29, 0.717) is 6.42 Å². The van der Waals surface area contributed by atoms with Gasteiger partial charge in [0.2, 0.25) is 5.91 Å². The Morgan fingerprint density at radius 2 is 2.00 bits per heavy atom. The average Bonchev–Trinajstić information content (AvgIpc) is 2.83. The Morgan fingerprint density at radius 1 is 1.43 bits per heavy atom. The summed E-state index contributed by atoms with van der Waals surface area (Å²) in [4.78, 5) is 22.1. The molecule has 1 aliphatic rings. The van der Waals surface area contributed by atoms with E-state index in [1.165, 1.54) is 0 Å². The van der Waals surface area contributed by atoms with E-state index in [9.17, 15) is 9.59 Å². The van der Waals surface area contributed by atoms with E-state index in [2.05, 4.69) is 5.32 Å². The van der Waals surface area contributed by atoms with Gasteiger partial charge in [0.05, 0.1) is 0 Å². The van der Waals surface area contributed by atoms with Crippen molar-refractivity contribution in [3.63, 3.8) is 0 Å². The number of rotatable bonds is 5. The molecule has 0 unspecified atom stereocenters. The molecular formula is C10H17NO3. The molecule has 0 aromatic carbocycles. The molecule has 1 aliphatic carbocycles. The Morgan fingerprint density at radius 3 is 2.36 bits per heavy atom. The average molecular weight is 199 g/mol. The van der Waals surface area contributed by atoms with Crippen molar-refractivity contribution in [1.29, 1.82) is 0 Å². The number of hydrogen-bond acceptors (Lipinski definition) is 2. The third-order valence-electron chi connectivity index (χ3n) is 2.27. The minimum atomic E-state index is -0.937. The maximum absolute atomic E-state index is 11.3. The molecule has 0 aromatic heterocycles. The van der Waals surface area contributed by atoms with Gasteiger partial charge in [0.1, 0.15) is 6.04 Å². The van der Waals surface area contributed by atoms with Crippen molar-refractivity contribution in [2.75, 3.05) is 0 Å². The molecule has 1 atom stereocenters. The fraction of sp³-hybridized carbons (Fsp3) is 0.800. The number of nitrogens with one attached hydrogen (secondary N) is 1. The van der Waals surface area contributed by atoms with Gasteiger partial charge >= 0.3 is 5.97 Å². The summed E-state index contributed by atoms with van der Waals surface area (Å²) < 4.78 is 0. The van der Waals surface area contributed by atoms with Crippen molar-refractivity contribution in [1.82, 2.24) is 5.32 Å². The molecule has 80 valence electrons. The van der Waals surface area contributed by atoms with Crippen LogP contribution in [0.1, 0.15) is 33.1 Å². The van der Waals surface area contributed by atoms with E-state index in [-0.39, 0.29) is 17.7 Å². The summed E-state index contributed by atoms with van der Waals surface area (Å²) in [6.07, 6.45) is 2.30. The zero-order chi connectivity index (χ0) is 10.7. The highest BCUT2D eigenvalue weighted by Crippen LogP contribution is 2.29. The van der Waals surface area contributed by atoms with E-state index < -0.39 is 12.0 Å². The second kappa shape index (κ2) is 4.44. The van der Waals surface area contributed by atoms with Gasteiger partial charge in [-0.25, -0.2) is 4.79 Å². The van der Waals surface area contributed by atoms with Crippen molar-refractivity contribution in [2.45, 2.75) is 39.2 Å². The summed E-state index contributed by atoms with van der Waals surface area (Å²) in [7, 11) is 0. The molecule has 1 rings (SSSR count). The van der Waals surface area contributed by atoms with Crippen molar-refractivity contribution in [2.24, 2.45) is 11.8 Å². The Hall–Kier alpha value is -1.06. The molecule has 0 aromatic rings. The largest absolute Gasteiger partial charge is 0.480 e. The highest BCUT2D eigenvalue weighted by molar-refractivity contribution is 5.86. The molecule has 1 saturated carbocycles. The van der Waals surface area contributed by atoms with Crippen molar-refractivity contribution >= 4 is 11.9 Å². The summed E-state index contributed by atoms with van der Waals surface area (Å²) in [5.41, 5.74) is 0. The third kappa shape index (κ3) is 3.36. The first-order valence-corrected chi connectivity index (χ1v) is 5.04. The second-order valence-corrected chi connectivity index (χ2v) is 4.30. The number of carboxylic acid groups (broad SMARTS) is 1. The quantitative estimate of drug-likeness (QED) is 0.694. The first kappa shape index (κ1) is 11.0. The lowest BCUT2D eigenvalue weighted by Gasteiger charge is -2.16. The molecule has 1 fully saturated rings. The predicted molar refractivity (Wildman–Crippen MR) is 51.7 cm³/mol. The lowest BCUT2D eigenvalue weighted by Crippen LogP contribution is -2.42. The SMILES string of the molecule is CC(C)C[C@H](NC(=O)C1CC1)C(=O)O. The fourth-order valence-corrected chi connectivity index (χ4v) is 1.33. The van der Waals surface area contributed by atoms with Gasteiger partial charge in [-0.1, -0.05) is 13.8 Å². The lowest BCUT2D eigenvalue weighted by atomic mass is 10.0. The Kier molecular flexibility index (Phi) is 3.49. The van der Waals surface area contributed by atoms with E-state index in [0.717, 1.165) is 12.8 Å². The number of carboxylic acids is 1. The van der Waals surface area contributed by atoms with E-state index in [1.54, 1.807) is 0 Å². The molecule has 1 amide bonds. The summed E-state index contributed by atoms with van der Waals surface area (Å²) >= 11 is 0. The van der Waals surface area contributed by atoms with E-state index >= 15 is 0 Å². The van der Waals surface area contributed by atoms with E-state index in [1.807, 2.05) is 13.8 Å². The summed E-state index contributed by atoms with van der Waals surface area (Å²) in [6, 6.07) is -0.719. The van der Waals surface area contributed by atoms with Crippen LogP contribution in [0, 0.1) is 11.8 Å². The summed E-state index contributed by atoms with van der Waals surface area (Å²) in [6.45, 7) is 3.89.